The number of aliphatic imine (C=N–C) groups is 2. The number of aryl methyl sites for hydroxylation is 2. The van der Waals surface area contributed by atoms with E-state index in [0.717, 1.165) is 22.3 Å². The molecule has 0 atom stereocenters. The summed E-state index contributed by atoms with van der Waals surface area (Å²) in [4.78, 5) is 31.2. The van der Waals surface area contributed by atoms with Crippen molar-refractivity contribution in [2.75, 3.05) is 0 Å². The van der Waals surface area contributed by atoms with E-state index in [2.05, 4.69) is 9.98 Å². The van der Waals surface area contributed by atoms with Crippen molar-refractivity contribution in [3.8, 4) is 11.1 Å². The lowest BCUT2D eigenvalue weighted by Crippen LogP contribution is -1.95. The summed E-state index contributed by atoms with van der Waals surface area (Å²) in [5.74, 6) is 0. The van der Waals surface area contributed by atoms with E-state index in [-0.39, 0.29) is 11.4 Å². The molecule has 0 N–H and O–H groups in total. The first-order chi connectivity index (χ1) is 17.4. The lowest BCUT2D eigenvalue weighted by atomic mass is 9.93. The number of hydrogen-bond acceptors (Lipinski definition) is 6. The number of nitro groups is 2. The summed E-state index contributed by atoms with van der Waals surface area (Å²) in [6, 6.07) is 24.2. The first-order valence-corrected chi connectivity index (χ1v) is 11.1. The third-order valence-electron chi connectivity index (χ3n) is 5.70. The molecule has 8 heteroatoms. The number of benzene rings is 4. The Kier molecular flexibility index (Phi) is 7.06. The molecule has 4 rings (SSSR count). The molecule has 8 nitrogen and oxygen atoms in total. The molecular weight excluding hydrogens is 456 g/mol. The van der Waals surface area contributed by atoms with Crippen molar-refractivity contribution in [2.24, 2.45) is 9.98 Å². The average Bonchev–Trinajstić information content (AvgIpc) is 2.87. The second-order valence-electron chi connectivity index (χ2n) is 8.09. The molecule has 4 aromatic rings. The van der Waals surface area contributed by atoms with Gasteiger partial charge in [0.2, 0.25) is 0 Å². The standard InChI is InChI=1S/C28H22N4O4/c1-19-9-7-13-23(29-17-21-11-3-5-15-25(21)31(33)34)27(19)28-20(2)10-8-14-24(28)30-18-22-12-4-6-16-26(22)32(35)36/h3-18H,1-2H3. The van der Waals surface area contributed by atoms with Gasteiger partial charge in [0, 0.05) is 35.7 Å². The van der Waals surface area contributed by atoms with Crippen LogP contribution in [0.4, 0.5) is 22.7 Å². The fourth-order valence-electron chi connectivity index (χ4n) is 3.97. The van der Waals surface area contributed by atoms with Crippen LogP contribution in [-0.4, -0.2) is 22.3 Å². The van der Waals surface area contributed by atoms with Crippen molar-refractivity contribution in [2.45, 2.75) is 13.8 Å². The summed E-state index contributed by atoms with van der Waals surface area (Å²) in [7, 11) is 0. The smallest absolute Gasteiger partial charge is 0.258 e. The van der Waals surface area contributed by atoms with Gasteiger partial charge < -0.3 is 0 Å². The van der Waals surface area contributed by atoms with E-state index in [1.54, 1.807) is 36.4 Å². The number of nitro benzene ring substituents is 2. The summed E-state index contributed by atoms with van der Waals surface area (Å²) in [6.07, 6.45) is 2.98. The topological polar surface area (TPSA) is 111 Å². The van der Waals surface area contributed by atoms with Gasteiger partial charge in [-0.3, -0.25) is 30.2 Å². The minimum atomic E-state index is -0.435. The molecule has 4 aromatic carbocycles. The zero-order valence-corrected chi connectivity index (χ0v) is 19.7. The van der Waals surface area contributed by atoms with E-state index in [9.17, 15) is 20.2 Å². The predicted molar refractivity (Wildman–Crippen MR) is 142 cm³/mol. The highest BCUT2D eigenvalue weighted by Gasteiger charge is 2.16. The van der Waals surface area contributed by atoms with Crippen molar-refractivity contribution in [1.82, 2.24) is 0 Å². The Morgan fingerprint density at radius 3 is 1.36 bits per heavy atom. The highest BCUT2D eigenvalue weighted by molar-refractivity contribution is 5.95. The minimum absolute atomic E-state index is 0.0268. The zero-order valence-electron chi connectivity index (χ0n) is 19.7. The molecule has 0 spiro atoms. The zero-order chi connectivity index (χ0) is 25.7. The van der Waals surface area contributed by atoms with Gasteiger partial charge in [0.15, 0.2) is 0 Å². The summed E-state index contributed by atoms with van der Waals surface area (Å²) in [5, 5.41) is 22.8. The molecule has 0 aliphatic rings. The molecule has 0 heterocycles. The van der Waals surface area contributed by atoms with Gasteiger partial charge in [-0.2, -0.15) is 0 Å². The van der Waals surface area contributed by atoms with Gasteiger partial charge >= 0.3 is 0 Å². The summed E-state index contributed by atoms with van der Waals surface area (Å²) in [6.45, 7) is 3.92. The van der Waals surface area contributed by atoms with E-state index in [4.69, 9.17) is 0 Å². The van der Waals surface area contributed by atoms with E-state index >= 15 is 0 Å². The Labute approximate surface area is 207 Å². The minimum Gasteiger partial charge on any atom is -0.258 e. The molecule has 0 amide bonds. The van der Waals surface area contributed by atoms with Crippen LogP contribution in [-0.2, 0) is 0 Å². The largest absolute Gasteiger partial charge is 0.278 e. The average molecular weight is 479 g/mol. The van der Waals surface area contributed by atoms with Crippen molar-refractivity contribution >= 4 is 35.2 Å². The van der Waals surface area contributed by atoms with Crippen LogP contribution in [0.1, 0.15) is 22.3 Å². The Hall–Kier alpha value is -4.98. The van der Waals surface area contributed by atoms with Gasteiger partial charge in [0.1, 0.15) is 0 Å². The highest BCUT2D eigenvalue weighted by atomic mass is 16.6. The normalized spacial score (nSPS) is 11.3. The number of hydrogen-bond donors (Lipinski definition) is 0. The third kappa shape index (κ3) is 5.07. The van der Waals surface area contributed by atoms with Crippen molar-refractivity contribution in [1.29, 1.82) is 0 Å². The van der Waals surface area contributed by atoms with Gasteiger partial charge in [0.25, 0.3) is 11.4 Å². The number of para-hydroxylation sites is 2. The van der Waals surface area contributed by atoms with Crippen LogP contribution in [0.5, 0.6) is 0 Å². The molecule has 0 aliphatic heterocycles. The maximum absolute atomic E-state index is 11.4. The van der Waals surface area contributed by atoms with Gasteiger partial charge in [-0.1, -0.05) is 48.5 Å². The van der Waals surface area contributed by atoms with Crippen LogP contribution in [0.25, 0.3) is 11.1 Å². The summed E-state index contributed by atoms with van der Waals surface area (Å²) >= 11 is 0. The summed E-state index contributed by atoms with van der Waals surface area (Å²) < 4.78 is 0. The summed E-state index contributed by atoms with van der Waals surface area (Å²) in [5.41, 5.74) is 5.56. The highest BCUT2D eigenvalue weighted by Crippen LogP contribution is 2.41. The van der Waals surface area contributed by atoms with Crippen LogP contribution in [0.2, 0.25) is 0 Å². The van der Waals surface area contributed by atoms with Gasteiger partial charge in [-0.05, 0) is 49.2 Å². The maximum atomic E-state index is 11.4. The van der Waals surface area contributed by atoms with Crippen molar-refractivity contribution in [3.63, 3.8) is 0 Å². The molecule has 0 saturated heterocycles. The fourth-order valence-corrected chi connectivity index (χ4v) is 3.97. The SMILES string of the molecule is Cc1cccc(N=Cc2ccccc2[N+](=O)[O-])c1-c1c(C)cccc1N=Cc1ccccc1[N+](=O)[O-]. The molecule has 0 fully saturated rings. The van der Waals surface area contributed by atoms with Crippen molar-refractivity contribution < 1.29 is 9.85 Å². The van der Waals surface area contributed by atoms with Crippen LogP contribution < -0.4 is 0 Å². The first kappa shape index (κ1) is 24.2. The monoisotopic (exact) mass is 478 g/mol. The fraction of sp³-hybridized carbons (Fsp3) is 0.0714. The van der Waals surface area contributed by atoms with E-state index in [1.165, 1.54) is 24.6 Å². The molecule has 0 radical (unpaired) electrons. The number of nitrogens with zero attached hydrogens (tertiary/aromatic N) is 4. The molecule has 36 heavy (non-hydrogen) atoms. The van der Waals surface area contributed by atoms with E-state index in [1.807, 2.05) is 50.2 Å². The molecular formula is C28H22N4O4. The van der Waals surface area contributed by atoms with Crippen LogP contribution in [0.15, 0.2) is 94.9 Å². The molecule has 0 unspecified atom stereocenters. The quantitative estimate of drug-likeness (QED) is 0.158. The third-order valence-corrected chi connectivity index (χ3v) is 5.70. The van der Waals surface area contributed by atoms with Crippen molar-refractivity contribution in [3.05, 3.63) is 127 Å². The lowest BCUT2D eigenvalue weighted by Gasteiger charge is -2.15. The van der Waals surface area contributed by atoms with E-state index < -0.39 is 9.85 Å². The van der Waals surface area contributed by atoms with Gasteiger partial charge in [0.05, 0.1) is 32.3 Å². The van der Waals surface area contributed by atoms with Crippen LogP contribution in [0.3, 0.4) is 0 Å². The Morgan fingerprint density at radius 2 is 0.972 bits per heavy atom. The van der Waals surface area contributed by atoms with Crippen LogP contribution >= 0.6 is 0 Å². The molecule has 178 valence electrons. The Morgan fingerprint density at radius 1 is 0.583 bits per heavy atom. The molecule has 0 bridgehead atoms. The maximum Gasteiger partial charge on any atom is 0.278 e. The predicted octanol–water partition coefficient (Wildman–Crippen LogP) is 7.29. The van der Waals surface area contributed by atoms with Gasteiger partial charge in [-0.25, -0.2) is 0 Å². The van der Waals surface area contributed by atoms with Gasteiger partial charge in [-0.15, -0.1) is 0 Å². The molecule has 0 aliphatic carbocycles. The second-order valence-corrected chi connectivity index (χ2v) is 8.09. The number of rotatable bonds is 7. The Bertz CT molecular complexity index is 1410. The first-order valence-electron chi connectivity index (χ1n) is 11.1. The second kappa shape index (κ2) is 10.5. The molecule has 0 aromatic heterocycles. The Balaban J connectivity index is 1.83. The van der Waals surface area contributed by atoms with Crippen LogP contribution in [0, 0.1) is 34.1 Å². The molecule has 0 saturated carbocycles. The lowest BCUT2D eigenvalue weighted by molar-refractivity contribution is -0.385. The van der Waals surface area contributed by atoms with E-state index in [0.29, 0.717) is 22.5 Å².